The van der Waals surface area contributed by atoms with Crippen molar-refractivity contribution in [1.82, 2.24) is 15.5 Å². The molecule has 1 aliphatic rings. The van der Waals surface area contributed by atoms with E-state index in [2.05, 4.69) is 54.5 Å². The predicted octanol–water partition coefficient (Wildman–Crippen LogP) is 3.59. The lowest BCUT2D eigenvalue weighted by molar-refractivity contribution is 0.206. The van der Waals surface area contributed by atoms with Crippen LogP contribution >= 0.6 is 24.0 Å². The molecule has 0 atom stereocenters. The minimum absolute atomic E-state index is 0. The minimum atomic E-state index is 0. The van der Waals surface area contributed by atoms with Crippen LogP contribution in [-0.2, 0) is 6.42 Å². The molecule has 1 aromatic rings. The third-order valence-corrected chi connectivity index (χ3v) is 4.96. The molecule has 0 aromatic heterocycles. The molecule has 1 aromatic carbocycles. The maximum Gasteiger partial charge on any atom is 0.191 e. The first kappa shape index (κ1) is 24.0. The largest absolute Gasteiger partial charge is 0.496 e. The van der Waals surface area contributed by atoms with Crippen LogP contribution in [0.1, 0.15) is 44.2 Å². The molecule has 2 rings (SSSR count). The molecule has 1 aliphatic heterocycles. The monoisotopic (exact) mass is 488 g/mol. The number of benzene rings is 1. The lowest BCUT2D eigenvalue weighted by Crippen LogP contribution is -2.48. The van der Waals surface area contributed by atoms with Crippen molar-refractivity contribution in [3.05, 3.63) is 29.3 Å². The lowest BCUT2D eigenvalue weighted by Gasteiger charge is -2.32. The van der Waals surface area contributed by atoms with E-state index < -0.39 is 0 Å². The maximum absolute atomic E-state index is 5.41. The summed E-state index contributed by atoms with van der Waals surface area (Å²) in [5.74, 6) is 1.90. The molecule has 1 heterocycles. The Kier molecular flexibility index (Phi) is 11.7. The Hall–Kier alpha value is -1.02. The number of nitrogens with one attached hydrogen (secondary N) is 2. The topological polar surface area (TPSA) is 48.9 Å². The number of piperidine rings is 1. The molecule has 0 radical (unpaired) electrons. The Morgan fingerprint density at radius 3 is 2.63 bits per heavy atom. The van der Waals surface area contributed by atoms with E-state index in [1.165, 1.54) is 50.0 Å². The third-order valence-electron chi connectivity index (χ3n) is 4.96. The zero-order chi connectivity index (χ0) is 18.8. The number of nitrogens with zero attached hydrogens (tertiary/aromatic N) is 2. The highest BCUT2D eigenvalue weighted by molar-refractivity contribution is 14.0. The van der Waals surface area contributed by atoms with E-state index >= 15 is 0 Å². The van der Waals surface area contributed by atoms with Gasteiger partial charge in [-0.2, -0.15) is 0 Å². The molecule has 1 fully saturated rings. The maximum atomic E-state index is 5.41. The molecule has 5 nitrogen and oxygen atoms in total. The van der Waals surface area contributed by atoms with Crippen molar-refractivity contribution in [2.75, 3.05) is 39.8 Å². The van der Waals surface area contributed by atoms with Crippen molar-refractivity contribution < 1.29 is 4.74 Å². The quantitative estimate of drug-likeness (QED) is 0.334. The van der Waals surface area contributed by atoms with Crippen LogP contribution in [0.4, 0.5) is 0 Å². The second-order valence-electron chi connectivity index (χ2n) is 7.07. The first-order valence-electron chi connectivity index (χ1n) is 10.1. The molecule has 0 amide bonds. The van der Waals surface area contributed by atoms with Crippen LogP contribution in [0.2, 0.25) is 0 Å². The Bertz CT molecular complexity index is 571. The summed E-state index contributed by atoms with van der Waals surface area (Å²) >= 11 is 0. The van der Waals surface area contributed by atoms with Gasteiger partial charge in [0, 0.05) is 32.2 Å². The summed E-state index contributed by atoms with van der Waals surface area (Å²) in [5.41, 5.74) is 2.43. The van der Waals surface area contributed by atoms with Crippen LogP contribution in [0.15, 0.2) is 23.2 Å². The highest BCUT2D eigenvalue weighted by Gasteiger charge is 2.19. The number of likely N-dealkylation sites (tertiary alicyclic amines) is 1. The summed E-state index contributed by atoms with van der Waals surface area (Å²) in [6.45, 7) is 11.7. The zero-order valence-corrected chi connectivity index (χ0v) is 19.7. The van der Waals surface area contributed by atoms with E-state index in [-0.39, 0.29) is 24.0 Å². The average molecular weight is 488 g/mol. The number of hydrogen-bond donors (Lipinski definition) is 2. The minimum Gasteiger partial charge on any atom is -0.496 e. The van der Waals surface area contributed by atoms with Crippen molar-refractivity contribution in [2.45, 2.75) is 52.5 Å². The molecule has 0 bridgehead atoms. The van der Waals surface area contributed by atoms with Crippen LogP contribution in [0.3, 0.4) is 0 Å². The summed E-state index contributed by atoms with van der Waals surface area (Å²) < 4.78 is 5.41. The smallest absolute Gasteiger partial charge is 0.191 e. The molecule has 0 aliphatic carbocycles. The summed E-state index contributed by atoms with van der Waals surface area (Å²) in [6, 6.07) is 6.93. The van der Waals surface area contributed by atoms with Crippen molar-refractivity contribution in [3.63, 3.8) is 0 Å². The van der Waals surface area contributed by atoms with Gasteiger partial charge in [-0.3, -0.25) is 4.99 Å². The molecule has 27 heavy (non-hydrogen) atoms. The van der Waals surface area contributed by atoms with Gasteiger partial charge in [0.2, 0.25) is 0 Å². The molecule has 154 valence electrons. The van der Waals surface area contributed by atoms with E-state index in [0.717, 1.165) is 31.2 Å². The lowest BCUT2D eigenvalue weighted by atomic mass is 10.1. The van der Waals surface area contributed by atoms with Crippen LogP contribution in [0.5, 0.6) is 5.75 Å². The fourth-order valence-electron chi connectivity index (χ4n) is 3.45. The van der Waals surface area contributed by atoms with Gasteiger partial charge in [0.15, 0.2) is 5.96 Å². The molecule has 2 N–H and O–H groups in total. The van der Waals surface area contributed by atoms with E-state index in [1.807, 2.05) is 0 Å². The van der Waals surface area contributed by atoms with Crippen LogP contribution in [0.25, 0.3) is 0 Å². The van der Waals surface area contributed by atoms with Gasteiger partial charge in [-0.1, -0.05) is 19.1 Å². The number of hydrogen-bond acceptors (Lipinski definition) is 3. The number of rotatable bonds is 8. The van der Waals surface area contributed by atoms with E-state index in [9.17, 15) is 0 Å². The Labute approximate surface area is 182 Å². The van der Waals surface area contributed by atoms with Gasteiger partial charge in [0.05, 0.1) is 7.11 Å². The number of aliphatic imine (C=N–C) groups is 1. The van der Waals surface area contributed by atoms with Gasteiger partial charge in [0.1, 0.15) is 5.75 Å². The third kappa shape index (κ3) is 8.25. The molecular weight excluding hydrogens is 451 g/mol. The van der Waals surface area contributed by atoms with Gasteiger partial charge in [-0.25, -0.2) is 0 Å². The zero-order valence-electron chi connectivity index (χ0n) is 17.4. The Morgan fingerprint density at radius 2 is 2.00 bits per heavy atom. The standard InChI is InChI=1S/C21H36N4O.HI/c1-5-13-25-14-10-19(11-15-25)24-21(22-6-2)23-12-9-18-8-7-17(3)20(16-18)26-4;/h7-8,16,19H,5-6,9-15H2,1-4H3,(H2,22,23,24);1H. The highest BCUT2D eigenvalue weighted by Crippen LogP contribution is 2.19. The number of ether oxygens (including phenoxy) is 1. The van der Waals surface area contributed by atoms with E-state index in [0.29, 0.717) is 6.04 Å². The molecule has 1 saturated heterocycles. The number of guanidine groups is 1. The summed E-state index contributed by atoms with van der Waals surface area (Å²) in [6.07, 6.45) is 4.55. The van der Waals surface area contributed by atoms with Crippen molar-refractivity contribution in [2.24, 2.45) is 4.99 Å². The summed E-state index contributed by atoms with van der Waals surface area (Å²) in [7, 11) is 1.73. The van der Waals surface area contributed by atoms with Crippen LogP contribution in [-0.4, -0.2) is 56.7 Å². The average Bonchev–Trinajstić information content (AvgIpc) is 2.65. The predicted molar refractivity (Wildman–Crippen MR) is 126 cm³/mol. The van der Waals surface area contributed by atoms with E-state index in [1.54, 1.807) is 7.11 Å². The van der Waals surface area contributed by atoms with Gasteiger partial charge in [0.25, 0.3) is 0 Å². The summed E-state index contributed by atoms with van der Waals surface area (Å²) in [4.78, 5) is 7.34. The first-order chi connectivity index (χ1) is 12.7. The highest BCUT2D eigenvalue weighted by atomic mass is 127. The second kappa shape index (κ2) is 13.2. The Morgan fingerprint density at radius 1 is 1.26 bits per heavy atom. The molecular formula is C21H37IN4O. The normalized spacial score (nSPS) is 15.9. The fourth-order valence-corrected chi connectivity index (χ4v) is 3.45. The van der Waals surface area contributed by atoms with Gasteiger partial charge in [-0.15, -0.1) is 24.0 Å². The molecule has 0 spiro atoms. The number of aryl methyl sites for hydroxylation is 1. The van der Waals surface area contributed by atoms with Gasteiger partial charge in [-0.05, 0) is 63.3 Å². The Balaban J connectivity index is 0.00000364. The summed E-state index contributed by atoms with van der Waals surface area (Å²) in [5, 5.41) is 7.01. The molecule has 6 heteroatoms. The van der Waals surface area contributed by atoms with Crippen LogP contribution < -0.4 is 15.4 Å². The SMILES string of the molecule is CCCN1CCC(NC(=NCCc2ccc(C)c(OC)c2)NCC)CC1.I. The van der Waals surface area contributed by atoms with Gasteiger partial charge >= 0.3 is 0 Å². The number of halogens is 1. The first-order valence-corrected chi connectivity index (χ1v) is 10.1. The van der Waals surface area contributed by atoms with E-state index in [4.69, 9.17) is 9.73 Å². The second-order valence-corrected chi connectivity index (χ2v) is 7.07. The van der Waals surface area contributed by atoms with Crippen molar-refractivity contribution >= 4 is 29.9 Å². The fraction of sp³-hybridized carbons (Fsp3) is 0.667. The number of methoxy groups -OCH3 is 1. The molecule has 0 unspecified atom stereocenters. The van der Waals surface area contributed by atoms with Crippen LogP contribution in [0, 0.1) is 6.92 Å². The molecule has 0 saturated carbocycles. The van der Waals surface area contributed by atoms with Crippen molar-refractivity contribution in [3.8, 4) is 5.75 Å². The van der Waals surface area contributed by atoms with Crippen molar-refractivity contribution in [1.29, 1.82) is 0 Å². The van der Waals surface area contributed by atoms with Gasteiger partial charge < -0.3 is 20.3 Å².